The third-order valence-corrected chi connectivity index (χ3v) is 3.84. The van der Waals surface area contributed by atoms with Crippen molar-refractivity contribution in [2.24, 2.45) is 0 Å². The van der Waals surface area contributed by atoms with E-state index in [9.17, 15) is 4.79 Å². The number of hydrogen-bond donors (Lipinski definition) is 1. The average Bonchev–Trinajstić information content (AvgIpc) is 3.20. The monoisotopic (exact) mass is 337 g/mol. The molecule has 0 aliphatic carbocycles. The lowest BCUT2D eigenvalue weighted by Gasteiger charge is -2.14. The minimum atomic E-state index is -0.260. The average molecular weight is 337 g/mol. The van der Waals surface area contributed by atoms with E-state index >= 15 is 0 Å². The van der Waals surface area contributed by atoms with Gasteiger partial charge < -0.3 is 14.8 Å². The number of rotatable bonds is 6. The third kappa shape index (κ3) is 3.47. The van der Waals surface area contributed by atoms with Crippen molar-refractivity contribution in [3.05, 3.63) is 72.1 Å². The van der Waals surface area contributed by atoms with Gasteiger partial charge in [-0.3, -0.25) is 4.79 Å². The number of methoxy groups -OCH3 is 2. The maximum Gasteiger partial charge on any atom is 0.259 e. The Morgan fingerprint density at radius 1 is 1.04 bits per heavy atom. The standard InChI is InChI=1S/C19H19N3O3/c1-24-16-9-5-10-17(25-2)18(16)19(23)20-13-14-7-3-4-8-15(14)22-12-6-11-21-22/h3-12H,13H2,1-2H3,(H,20,23). The molecule has 0 saturated heterocycles. The molecule has 0 fully saturated rings. The normalized spacial score (nSPS) is 10.3. The van der Waals surface area contributed by atoms with Crippen LogP contribution >= 0.6 is 0 Å². The van der Waals surface area contributed by atoms with Crippen LogP contribution in [-0.2, 0) is 6.54 Å². The van der Waals surface area contributed by atoms with E-state index in [1.54, 1.807) is 29.1 Å². The second kappa shape index (κ2) is 7.53. The van der Waals surface area contributed by atoms with Gasteiger partial charge in [0.1, 0.15) is 17.1 Å². The number of benzene rings is 2. The summed E-state index contributed by atoms with van der Waals surface area (Å²) >= 11 is 0. The van der Waals surface area contributed by atoms with Crippen molar-refractivity contribution in [2.45, 2.75) is 6.54 Å². The summed E-state index contributed by atoms with van der Waals surface area (Å²) in [6, 6.07) is 14.9. The van der Waals surface area contributed by atoms with E-state index in [4.69, 9.17) is 9.47 Å². The maximum absolute atomic E-state index is 12.7. The molecule has 0 bridgehead atoms. The number of para-hydroxylation sites is 1. The first-order valence-electron chi connectivity index (χ1n) is 7.81. The first-order valence-corrected chi connectivity index (χ1v) is 7.81. The number of aromatic nitrogens is 2. The lowest BCUT2D eigenvalue weighted by molar-refractivity contribution is 0.0944. The van der Waals surface area contributed by atoms with E-state index in [0.29, 0.717) is 23.6 Å². The Balaban J connectivity index is 1.83. The van der Waals surface area contributed by atoms with Gasteiger partial charge in [-0.05, 0) is 29.8 Å². The van der Waals surface area contributed by atoms with Crippen LogP contribution in [0.15, 0.2) is 60.9 Å². The van der Waals surface area contributed by atoms with E-state index in [2.05, 4.69) is 10.4 Å². The molecule has 0 aliphatic heterocycles. The lowest BCUT2D eigenvalue weighted by Crippen LogP contribution is -2.24. The van der Waals surface area contributed by atoms with Crippen LogP contribution in [0.4, 0.5) is 0 Å². The van der Waals surface area contributed by atoms with E-state index < -0.39 is 0 Å². The Labute approximate surface area is 146 Å². The van der Waals surface area contributed by atoms with E-state index in [1.165, 1.54) is 14.2 Å². The highest BCUT2D eigenvalue weighted by atomic mass is 16.5. The molecule has 6 nitrogen and oxygen atoms in total. The Morgan fingerprint density at radius 3 is 2.40 bits per heavy atom. The molecule has 0 atom stereocenters. The predicted molar refractivity (Wildman–Crippen MR) is 94.3 cm³/mol. The smallest absolute Gasteiger partial charge is 0.259 e. The van der Waals surface area contributed by atoms with Crippen LogP contribution in [0.5, 0.6) is 11.5 Å². The molecule has 1 heterocycles. The second-order valence-electron chi connectivity index (χ2n) is 5.30. The first-order chi connectivity index (χ1) is 12.2. The second-order valence-corrected chi connectivity index (χ2v) is 5.30. The molecule has 1 aromatic heterocycles. The van der Waals surface area contributed by atoms with E-state index in [0.717, 1.165) is 11.3 Å². The number of ether oxygens (including phenoxy) is 2. The molecule has 0 unspecified atom stereocenters. The number of amides is 1. The summed E-state index contributed by atoms with van der Waals surface area (Å²) in [6.07, 6.45) is 3.58. The highest BCUT2D eigenvalue weighted by Crippen LogP contribution is 2.28. The Kier molecular flexibility index (Phi) is 4.99. The summed E-state index contributed by atoms with van der Waals surface area (Å²) in [4.78, 5) is 12.7. The first kappa shape index (κ1) is 16.6. The highest BCUT2D eigenvalue weighted by molar-refractivity contribution is 5.99. The van der Waals surface area contributed by atoms with Gasteiger partial charge in [0.15, 0.2) is 0 Å². The maximum atomic E-state index is 12.7. The molecule has 0 saturated carbocycles. The number of nitrogens with zero attached hydrogens (tertiary/aromatic N) is 2. The van der Waals surface area contributed by atoms with Crippen molar-refractivity contribution in [2.75, 3.05) is 14.2 Å². The van der Waals surface area contributed by atoms with E-state index in [-0.39, 0.29) is 5.91 Å². The molecular weight excluding hydrogens is 318 g/mol. The van der Waals surface area contributed by atoms with Crippen molar-refractivity contribution in [1.82, 2.24) is 15.1 Å². The molecular formula is C19H19N3O3. The van der Waals surface area contributed by atoms with Gasteiger partial charge in [0.25, 0.3) is 5.91 Å². The van der Waals surface area contributed by atoms with Crippen LogP contribution in [0.2, 0.25) is 0 Å². The van der Waals surface area contributed by atoms with Crippen LogP contribution in [-0.4, -0.2) is 29.9 Å². The van der Waals surface area contributed by atoms with Gasteiger partial charge in [0.05, 0.1) is 19.9 Å². The molecule has 3 aromatic rings. The van der Waals surface area contributed by atoms with Gasteiger partial charge in [0.2, 0.25) is 0 Å². The highest BCUT2D eigenvalue weighted by Gasteiger charge is 2.18. The van der Waals surface area contributed by atoms with Crippen LogP contribution in [0.25, 0.3) is 5.69 Å². The van der Waals surface area contributed by atoms with Crippen LogP contribution in [0.3, 0.4) is 0 Å². The molecule has 0 spiro atoms. The molecule has 0 radical (unpaired) electrons. The molecule has 1 N–H and O–H groups in total. The molecule has 6 heteroatoms. The summed E-state index contributed by atoms with van der Waals surface area (Å²) in [5, 5.41) is 7.18. The molecule has 2 aromatic carbocycles. The Hall–Kier alpha value is -3.28. The summed E-state index contributed by atoms with van der Waals surface area (Å²) < 4.78 is 12.3. The van der Waals surface area contributed by atoms with Gasteiger partial charge >= 0.3 is 0 Å². The number of nitrogens with one attached hydrogen (secondary N) is 1. The molecule has 25 heavy (non-hydrogen) atoms. The zero-order chi connectivity index (χ0) is 17.6. The molecule has 128 valence electrons. The topological polar surface area (TPSA) is 65.4 Å². The third-order valence-electron chi connectivity index (χ3n) is 3.84. The fourth-order valence-electron chi connectivity index (χ4n) is 2.63. The van der Waals surface area contributed by atoms with Crippen molar-refractivity contribution in [3.8, 4) is 17.2 Å². The summed E-state index contributed by atoms with van der Waals surface area (Å²) in [6.45, 7) is 0.357. The van der Waals surface area contributed by atoms with Gasteiger partial charge in [-0.25, -0.2) is 4.68 Å². The van der Waals surface area contributed by atoms with Crippen molar-refractivity contribution >= 4 is 5.91 Å². The fourth-order valence-corrected chi connectivity index (χ4v) is 2.63. The minimum absolute atomic E-state index is 0.260. The number of hydrogen-bond acceptors (Lipinski definition) is 4. The van der Waals surface area contributed by atoms with Crippen LogP contribution < -0.4 is 14.8 Å². The van der Waals surface area contributed by atoms with Gasteiger partial charge in [-0.15, -0.1) is 0 Å². The quantitative estimate of drug-likeness (QED) is 0.751. The minimum Gasteiger partial charge on any atom is -0.496 e. The van der Waals surface area contributed by atoms with Crippen molar-refractivity contribution in [1.29, 1.82) is 0 Å². The molecule has 3 rings (SSSR count). The van der Waals surface area contributed by atoms with Crippen LogP contribution in [0, 0.1) is 0 Å². The zero-order valence-electron chi connectivity index (χ0n) is 14.1. The molecule has 0 aliphatic rings. The Bertz CT molecular complexity index is 838. The predicted octanol–water partition coefficient (Wildman–Crippen LogP) is 2.82. The summed E-state index contributed by atoms with van der Waals surface area (Å²) in [5.74, 6) is 0.680. The SMILES string of the molecule is COc1cccc(OC)c1C(=O)NCc1ccccc1-n1cccn1. The van der Waals surface area contributed by atoms with Gasteiger partial charge in [-0.1, -0.05) is 24.3 Å². The lowest BCUT2D eigenvalue weighted by atomic mass is 10.1. The van der Waals surface area contributed by atoms with Gasteiger partial charge in [0, 0.05) is 18.9 Å². The number of carbonyl (C=O) groups excluding carboxylic acids is 1. The number of carbonyl (C=O) groups is 1. The largest absolute Gasteiger partial charge is 0.496 e. The Morgan fingerprint density at radius 2 is 1.76 bits per heavy atom. The summed E-state index contributed by atoms with van der Waals surface area (Å²) in [5.41, 5.74) is 2.25. The zero-order valence-corrected chi connectivity index (χ0v) is 14.1. The van der Waals surface area contributed by atoms with Gasteiger partial charge in [-0.2, -0.15) is 5.10 Å². The van der Waals surface area contributed by atoms with Crippen molar-refractivity contribution < 1.29 is 14.3 Å². The molecule has 1 amide bonds. The fraction of sp³-hybridized carbons (Fsp3) is 0.158. The van der Waals surface area contributed by atoms with Crippen LogP contribution in [0.1, 0.15) is 15.9 Å². The van der Waals surface area contributed by atoms with Crippen molar-refractivity contribution in [3.63, 3.8) is 0 Å². The summed E-state index contributed by atoms with van der Waals surface area (Å²) in [7, 11) is 3.05. The van der Waals surface area contributed by atoms with E-state index in [1.807, 2.05) is 36.5 Å².